The number of aromatic nitrogens is 1. The largest absolute Gasteiger partial charge is 0.508 e. The summed E-state index contributed by atoms with van der Waals surface area (Å²) < 4.78 is 14.6. The van der Waals surface area contributed by atoms with Gasteiger partial charge in [-0.1, -0.05) is 18.2 Å². The van der Waals surface area contributed by atoms with Gasteiger partial charge < -0.3 is 20.1 Å². The maximum Gasteiger partial charge on any atom is 0.132 e. The summed E-state index contributed by atoms with van der Waals surface area (Å²) in [6.07, 6.45) is 1.77. The summed E-state index contributed by atoms with van der Waals surface area (Å²) in [7, 11) is 2.01. The summed E-state index contributed by atoms with van der Waals surface area (Å²) >= 11 is 0. The fraction of sp³-hybridized carbons (Fsp3) is 0.364. The minimum absolute atomic E-state index is 0.205. The molecule has 0 saturated carbocycles. The van der Waals surface area contributed by atoms with Gasteiger partial charge in [-0.05, 0) is 55.4 Å². The minimum atomic E-state index is -1.03. The Kier molecular flexibility index (Phi) is 3.46. The first-order valence-corrected chi connectivity index (χ1v) is 9.40. The first-order chi connectivity index (χ1) is 12.9. The first-order valence-electron chi connectivity index (χ1n) is 9.40. The summed E-state index contributed by atoms with van der Waals surface area (Å²) in [6, 6.07) is 12.3. The van der Waals surface area contributed by atoms with Gasteiger partial charge in [-0.3, -0.25) is 0 Å². The number of nitrogens with zero attached hydrogens (tertiary/aromatic N) is 1. The van der Waals surface area contributed by atoms with E-state index in [4.69, 9.17) is 0 Å². The zero-order valence-corrected chi connectivity index (χ0v) is 15.3. The molecule has 27 heavy (non-hydrogen) atoms. The number of piperidine rings is 1. The summed E-state index contributed by atoms with van der Waals surface area (Å²) in [5, 5.41) is 22.6. The molecule has 0 bridgehead atoms. The van der Waals surface area contributed by atoms with Crippen LogP contribution in [0.4, 0.5) is 4.39 Å². The van der Waals surface area contributed by atoms with E-state index in [0.717, 1.165) is 35.3 Å². The van der Waals surface area contributed by atoms with E-state index in [1.807, 2.05) is 25.2 Å². The lowest BCUT2D eigenvalue weighted by atomic mass is 9.56. The van der Waals surface area contributed by atoms with Gasteiger partial charge in [0.15, 0.2) is 0 Å². The Hall–Kier alpha value is -2.37. The summed E-state index contributed by atoms with van der Waals surface area (Å²) in [5.41, 5.74) is 2.06. The van der Waals surface area contributed by atoms with Gasteiger partial charge >= 0.3 is 0 Å². The molecule has 2 heterocycles. The van der Waals surface area contributed by atoms with Crippen molar-refractivity contribution < 1.29 is 14.6 Å². The molecule has 3 N–H and O–H groups in total. The van der Waals surface area contributed by atoms with E-state index in [2.05, 4.69) is 9.88 Å². The second-order valence-corrected chi connectivity index (χ2v) is 8.25. The van der Waals surface area contributed by atoms with Gasteiger partial charge in [0.05, 0.1) is 5.60 Å². The van der Waals surface area contributed by atoms with Crippen molar-refractivity contribution in [1.82, 2.24) is 9.88 Å². The molecule has 1 fully saturated rings. The predicted octanol–water partition coefficient (Wildman–Crippen LogP) is 3.12. The number of fused-ring (bicyclic) bond motifs is 4. The maximum absolute atomic E-state index is 14.6. The number of nitrogens with one attached hydrogen (secondary N) is 1. The van der Waals surface area contributed by atoms with E-state index in [1.165, 1.54) is 6.07 Å². The Morgan fingerprint density at radius 2 is 1.96 bits per heavy atom. The Bertz CT molecular complexity index is 1050. The molecule has 2 unspecified atom stereocenters. The van der Waals surface area contributed by atoms with Gasteiger partial charge in [-0.15, -0.1) is 0 Å². The van der Waals surface area contributed by atoms with Gasteiger partial charge in [0, 0.05) is 41.4 Å². The summed E-state index contributed by atoms with van der Waals surface area (Å²) in [4.78, 5) is 5.54. The smallest absolute Gasteiger partial charge is 0.132 e. The average molecular weight is 366 g/mol. The molecule has 0 amide bonds. The average Bonchev–Trinajstić information content (AvgIpc) is 2.97. The molecule has 2 atom stereocenters. The van der Waals surface area contributed by atoms with Crippen LogP contribution in [-0.2, 0) is 18.3 Å². The highest BCUT2D eigenvalue weighted by Gasteiger charge is 2.57. The molecule has 2 aliphatic rings. The number of likely N-dealkylation sites (N-methyl/N-ethyl adjacent to an activating group) is 1. The minimum Gasteiger partial charge on any atom is -0.508 e. The molecule has 3 aromatic rings. The molecule has 1 saturated heterocycles. The Labute approximate surface area is 157 Å². The molecular formula is C22H23FN2O2. The van der Waals surface area contributed by atoms with Crippen LogP contribution < -0.4 is 0 Å². The van der Waals surface area contributed by atoms with Crippen molar-refractivity contribution in [2.75, 3.05) is 20.1 Å². The zero-order chi connectivity index (χ0) is 18.8. The molecular weight excluding hydrogens is 343 g/mol. The number of aromatic amines is 1. The third-order valence-corrected chi connectivity index (χ3v) is 6.65. The Balaban J connectivity index is 1.75. The lowest BCUT2D eigenvalue weighted by Gasteiger charge is -2.55. The number of aromatic hydroxyl groups is 1. The van der Waals surface area contributed by atoms with Crippen molar-refractivity contribution in [3.05, 3.63) is 65.1 Å². The summed E-state index contributed by atoms with van der Waals surface area (Å²) in [5.74, 6) is -0.0424. The number of halogens is 1. The van der Waals surface area contributed by atoms with E-state index in [0.29, 0.717) is 24.8 Å². The highest BCUT2D eigenvalue weighted by atomic mass is 19.1. The van der Waals surface area contributed by atoms with Crippen LogP contribution in [0.5, 0.6) is 5.75 Å². The number of H-pyrrole nitrogens is 1. The van der Waals surface area contributed by atoms with Crippen LogP contribution in [0.25, 0.3) is 10.9 Å². The SMILES string of the molecule is CN1CCC2(c3cccc(O)c3)Cc3[nH]c4cccc(F)c4c3CC2(O)C1. The van der Waals surface area contributed by atoms with Crippen molar-refractivity contribution in [3.63, 3.8) is 0 Å². The highest BCUT2D eigenvalue weighted by Crippen LogP contribution is 2.51. The van der Waals surface area contributed by atoms with Gasteiger partial charge in [-0.25, -0.2) is 4.39 Å². The monoisotopic (exact) mass is 366 g/mol. The van der Waals surface area contributed by atoms with Gasteiger partial charge in [-0.2, -0.15) is 0 Å². The number of β-amino-alcohol motifs (C(OH)–C–C–N with tert-alkyl or cyclic N) is 1. The van der Waals surface area contributed by atoms with E-state index in [1.54, 1.807) is 18.2 Å². The first kappa shape index (κ1) is 16.8. The number of hydrogen-bond acceptors (Lipinski definition) is 3. The second-order valence-electron chi connectivity index (χ2n) is 8.25. The molecule has 1 aliphatic heterocycles. The predicted molar refractivity (Wildman–Crippen MR) is 103 cm³/mol. The van der Waals surface area contributed by atoms with E-state index in [9.17, 15) is 14.6 Å². The van der Waals surface area contributed by atoms with Gasteiger partial charge in [0.25, 0.3) is 0 Å². The molecule has 1 aromatic heterocycles. The fourth-order valence-electron chi connectivity index (χ4n) is 5.35. The van der Waals surface area contributed by atoms with E-state index < -0.39 is 11.0 Å². The third kappa shape index (κ3) is 2.28. The summed E-state index contributed by atoms with van der Waals surface area (Å²) in [6.45, 7) is 1.38. The van der Waals surface area contributed by atoms with E-state index >= 15 is 0 Å². The number of aliphatic hydroxyl groups is 1. The molecule has 1 aliphatic carbocycles. The molecule has 5 rings (SSSR count). The molecule has 2 aromatic carbocycles. The Morgan fingerprint density at radius 1 is 1.15 bits per heavy atom. The maximum atomic E-state index is 14.6. The fourth-order valence-corrected chi connectivity index (χ4v) is 5.35. The third-order valence-electron chi connectivity index (χ3n) is 6.65. The molecule has 0 radical (unpaired) electrons. The highest BCUT2D eigenvalue weighted by molar-refractivity contribution is 5.86. The number of likely N-dealkylation sites (tertiary alicyclic amines) is 1. The van der Waals surface area contributed by atoms with Crippen molar-refractivity contribution >= 4 is 10.9 Å². The molecule has 5 heteroatoms. The number of phenolic OH excluding ortho intramolecular Hbond substituents is 1. The second kappa shape index (κ2) is 5.57. The zero-order valence-electron chi connectivity index (χ0n) is 15.3. The van der Waals surface area contributed by atoms with Crippen LogP contribution in [0.2, 0.25) is 0 Å². The number of phenols is 1. The normalized spacial score (nSPS) is 28.1. The van der Waals surface area contributed by atoms with Crippen LogP contribution in [-0.4, -0.2) is 45.8 Å². The van der Waals surface area contributed by atoms with Crippen molar-refractivity contribution in [2.45, 2.75) is 30.3 Å². The molecule has 140 valence electrons. The topological polar surface area (TPSA) is 59.5 Å². The lowest BCUT2D eigenvalue weighted by Crippen LogP contribution is -2.65. The molecule has 0 spiro atoms. The number of hydrogen-bond donors (Lipinski definition) is 3. The van der Waals surface area contributed by atoms with Gasteiger partial charge in [0.2, 0.25) is 0 Å². The molecule has 4 nitrogen and oxygen atoms in total. The van der Waals surface area contributed by atoms with Crippen molar-refractivity contribution in [3.8, 4) is 5.75 Å². The van der Waals surface area contributed by atoms with Crippen molar-refractivity contribution in [1.29, 1.82) is 0 Å². The van der Waals surface area contributed by atoms with Crippen LogP contribution >= 0.6 is 0 Å². The Morgan fingerprint density at radius 3 is 2.78 bits per heavy atom. The number of benzene rings is 2. The van der Waals surface area contributed by atoms with E-state index in [-0.39, 0.29) is 11.6 Å². The standard InChI is InChI=1S/C22H23FN2O2/c1-25-9-8-21(14-4-2-5-15(26)10-14)12-19-16(11-22(21,27)13-25)20-17(23)6-3-7-18(20)24-19/h2-7,10,24,26-27H,8-9,11-13H2,1H3. The van der Waals surface area contributed by atoms with Crippen LogP contribution in [0.3, 0.4) is 0 Å². The van der Waals surface area contributed by atoms with Crippen LogP contribution in [0, 0.1) is 5.82 Å². The lowest BCUT2D eigenvalue weighted by molar-refractivity contribution is -0.0972. The number of rotatable bonds is 1. The van der Waals surface area contributed by atoms with Crippen LogP contribution in [0.15, 0.2) is 42.5 Å². The van der Waals surface area contributed by atoms with Crippen LogP contribution in [0.1, 0.15) is 23.2 Å². The van der Waals surface area contributed by atoms with Gasteiger partial charge in [0.1, 0.15) is 11.6 Å². The van der Waals surface area contributed by atoms with Crippen molar-refractivity contribution in [2.24, 2.45) is 0 Å². The quantitative estimate of drug-likeness (QED) is 0.620.